The summed E-state index contributed by atoms with van der Waals surface area (Å²) in [5.74, 6) is 0. The van der Waals surface area contributed by atoms with E-state index in [1.165, 1.54) is 28.9 Å². The van der Waals surface area contributed by atoms with Gasteiger partial charge in [0.2, 0.25) is 0 Å². The van der Waals surface area contributed by atoms with Gasteiger partial charge in [0.05, 0.1) is 6.10 Å². The van der Waals surface area contributed by atoms with Gasteiger partial charge in [0, 0.05) is 4.88 Å². The molecule has 0 fully saturated rings. The van der Waals surface area contributed by atoms with E-state index in [9.17, 15) is 5.11 Å². The number of aryl methyl sites for hydroxylation is 1. The summed E-state index contributed by atoms with van der Waals surface area (Å²) < 4.78 is 0. The molecule has 0 radical (unpaired) electrons. The van der Waals surface area contributed by atoms with Crippen molar-refractivity contribution in [1.29, 1.82) is 0 Å². The number of hydrogen-bond acceptors (Lipinski definition) is 2. The van der Waals surface area contributed by atoms with Crippen molar-refractivity contribution in [2.45, 2.75) is 32.3 Å². The molecule has 1 heterocycles. The lowest BCUT2D eigenvalue weighted by Crippen LogP contribution is -2.01. The Morgan fingerprint density at radius 2 is 2.38 bits per heavy atom. The van der Waals surface area contributed by atoms with Crippen molar-refractivity contribution in [2.75, 3.05) is 0 Å². The first-order valence-electron chi connectivity index (χ1n) is 4.73. The van der Waals surface area contributed by atoms with Crippen molar-refractivity contribution in [3.63, 3.8) is 0 Å². The summed E-state index contributed by atoms with van der Waals surface area (Å²) in [6, 6.07) is 2.17. The third-order valence-electron chi connectivity index (χ3n) is 2.38. The van der Waals surface area contributed by atoms with E-state index in [-0.39, 0.29) is 6.10 Å². The summed E-state index contributed by atoms with van der Waals surface area (Å²) in [6.07, 6.45) is 5.22. The molecule has 1 aromatic heterocycles. The van der Waals surface area contributed by atoms with Crippen LogP contribution in [-0.4, -0.2) is 11.2 Å². The number of rotatable bonds is 1. The molecule has 0 saturated carbocycles. The van der Waals surface area contributed by atoms with Crippen LogP contribution in [0.25, 0.3) is 5.57 Å². The molecule has 70 valence electrons. The van der Waals surface area contributed by atoms with Crippen molar-refractivity contribution < 1.29 is 5.11 Å². The Morgan fingerprint density at radius 1 is 1.54 bits per heavy atom. The molecular formula is C11H14OS. The van der Waals surface area contributed by atoms with Gasteiger partial charge < -0.3 is 5.11 Å². The van der Waals surface area contributed by atoms with E-state index in [1.54, 1.807) is 0 Å². The maximum atomic E-state index is 9.29. The minimum absolute atomic E-state index is 0.319. The van der Waals surface area contributed by atoms with Gasteiger partial charge in [-0.05, 0) is 48.8 Å². The average Bonchev–Trinajstić information content (AvgIpc) is 2.51. The van der Waals surface area contributed by atoms with E-state index in [0.29, 0.717) is 0 Å². The highest BCUT2D eigenvalue weighted by molar-refractivity contribution is 7.10. The van der Waals surface area contributed by atoms with E-state index in [0.717, 1.165) is 6.42 Å². The molecule has 0 amide bonds. The highest BCUT2D eigenvalue weighted by Gasteiger charge is 2.14. The molecule has 1 aliphatic rings. The molecule has 0 spiro atoms. The minimum atomic E-state index is -0.319. The van der Waals surface area contributed by atoms with E-state index in [2.05, 4.69) is 11.4 Å². The Balaban J connectivity index is 2.35. The average molecular weight is 194 g/mol. The molecular weight excluding hydrogens is 180 g/mol. The summed E-state index contributed by atoms with van der Waals surface area (Å²) in [6.45, 7) is 1.81. The van der Waals surface area contributed by atoms with Crippen LogP contribution in [0.5, 0.6) is 0 Å². The van der Waals surface area contributed by atoms with Gasteiger partial charge in [-0.2, -0.15) is 0 Å². The smallest absolute Gasteiger partial charge is 0.0698 e. The first-order chi connectivity index (χ1) is 6.27. The van der Waals surface area contributed by atoms with Gasteiger partial charge in [-0.1, -0.05) is 6.08 Å². The zero-order chi connectivity index (χ0) is 9.26. The number of hydrogen-bond donors (Lipinski definition) is 1. The van der Waals surface area contributed by atoms with Crippen molar-refractivity contribution in [3.05, 3.63) is 28.0 Å². The molecule has 1 aromatic rings. The SMILES string of the molecule is CC(O)/C=C1/CCCc2sccc21. The fourth-order valence-electron chi connectivity index (χ4n) is 1.86. The zero-order valence-corrected chi connectivity index (χ0v) is 8.60. The number of aliphatic hydroxyl groups excluding tert-OH is 1. The fourth-order valence-corrected chi connectivity index (χ4v) is 2.82. The Hall–Kier alpha value is -0.600. The van der Waals surface area contributed by atoms with Gasteiger partial charge in [-0.25, -0.2) is 0 Å². The highest BCUT2D eigenvalue weighted by Crippen LogP contribution is 2.34. The molecule has 1 nitrogen and oxygen atoms in total. The Labute approximate surface area is 82.7 Å². The molecule has 1 aliphatic carbocycles. The standard InChI is InChI=1S/C11H14OS/c1-8(12)7-9-3-2-4-11-10(9)5-6-13-11/h5-8,12H,2-4H2,1H3/b9-7-. The van der Waals surface area contributed by atoms with Crippen LogP contribution in [0.3, 0.4) is 0 Å². The van der Waals surface area contributed by atoms with Crippen LogP contribution in [0.2, 0.25) is 0 Å². The van der Waals surface area contributed by atoms with Gasteiger partial charge in [0.25, 0.3) is 0 Å². The van der Waals surface area contributed by atoms with Gasteiger partial charge in [0.15, 0.2) is 0 Å². The molecule has 1 unspecified atom stereocenters. The predicted molar refractivity (Wildman–Crippen MR) is 56.9 cm³/mol. The first kappa shape index (κ1) is 8.97. The zero-order valence-electron chi connectivity index (χ0n) is 7.79. The normalized spacial score (nSPS) is 21.5. The third kappa shape index (κ3) is 1.84. The van der Waals surface area contributed by atoms with Crippen LogP contribution in [0.4, 0.5) is 0 Å². The van der Waals surface area contributed by atoms with Crippen LogP contribution in [0.15, 0.2) is 17.5 Å². The van der Waals surface area contributed by atoms with Crippen molar-refractivity contribution >= 4 is 16.9 Å². The quantitative estimate of drug-likeness (QED) is 0.729. The van der Waals surface area contributed by atoms with Crippen molar-refractivity contribution in [1.82, 2.24) is 0 Å². The Bertz CT molecular complexity index is 323. The summed E-state index contributed by atoms with van der Waals surface area (Å²) in [7, 11) is 0. The second-order valence-electron chi connectivity index (χ2n) is 3.54. The van der Waals surface area contributed by atoms with Crippen LogP contribution in [0, 0.1) is 0 Å². The summed E-state index contributed by atoms with van der Waals surface area (Å²) >= 11 is 1.83. The third-order valence-corrected chi connectivity index (χ3v) is 3.36. The van der Waals surface area contributed by atoms with Crippen LogP contribution in [-0.2, 0) is 6.42 Å². The molecule has 0 saturated heterocycles. The van der Waals surface area contributed by atoms with E-state index in [4.69, 9.17) is 0 Å². The lowest BCUT2D eigenvalue weighted by Gasteiger charge is -2.15. The first-order valence-corrected chi connectivity index (χ1v) is 5.61. The topological polar surface area (TPSA) is 20.2 Å². The predicted octanol–water partition coefficient (Wildman–Crippen LogP) is 2.85. The van der Waals surface area contributed by atoms with Gasteiger partial charge >= 0.3 is 0 Å². The molecule has 0 aliphatic heterocycles. The molecule has 2 rings (SSSR count). The minimum Gasteiger partial charge on any atom is -0.389 e. The van der Waals surface area contributed by atoms with E-state index >= 15 is 0 Å². The molecule has 2 heteroatoms. The van der Waals surface area contributed by atoms with E-state index < -0.39 is 0 Å². The number of allylic oxidation sites excluding steroid dienone is 1. The molecule has 1 atom stereocenters. The van der Waals surface area contributed by atoms with E-state index in [1.807, 2.05) is 24.3 Å². The maximum Gasteiger partial charge on any atom is 0.0698 e. The lowest BCUT2D eigenvalue weighted by atomic mass is 9.92. The fraction of sp³-hybridized carbons (Fsp3) is 0.455. The summed E-state index contributed by atoms with van der Waals surface area (Å²) in [5, 5.41) is 11.4. The number of fused-ring (bicyclic) bond motifs is 1. The lowest BCUT2D eigenvalue weighted by molar-refractivity contribution is 0.244. The molecule has 1 N–H and O–H groups in total. The van der Waals surface area contributed by atoms with Crippen LogP contribution < -0.4 is 0 Å². The highest BCUT2D eigenvalue weighted by atomic mass is 32.1. The molecule has 0 bridgehead atoms. The van der Waals surface area contributed by atoms with Crippen molar-refractivity contribution in [2.24, 2.45) is 0 Å². The summed E-state index contributed by atoms with van der Waals surface area (Å²) in [5.41, 5.74) is 2.70. The second kappa shape index (κ2) is 3.64. The van der Waals surface area contributed by atoms with Crippen LogP contribution in [0.1, 0.15) is 30.2 Å². The summed E-state index contributed by atoms with van der Waals surface area (Å²) in [4.78, 5) is 1.48. The van der Waals surface area contributed by atoms with Gasteiger partial charge in [-0.3, -0.25) is 0 Å². The molecule has 0 aromatic carbocycles. The van der Waals surface area contributed by atoms with Gasteiger partial charge in [0.1, 0.15) is 0 Å². The van der Waals surface area contributed by atoms with Crippen LogP contribution >= 0.6 is 11.3 Å². The molecule has 13 heavy (non-hydrogen) atoms. The Morgan fingerprint density at radius 3 is 3.15 bits per heavy atom. The number of thiophene rings is 1. The monoisotopic (exact) mass is 194 g/mol. The second-order valence-corrected chi connectivity index (χ2v) is 4.54. The maximum absolute atomic E-state index is 9.29. The number of aliphatic hydroxyl groups is 1. The van der Waals surface area contributed by atoms with Gasteiger partial charge in [-0.15, -0.1) is 11.3 Å². The largest absolute Gasteiger partial charge is 0.389 e. The van der Waals surface area contributed by atoms with Crippen molar-refractivity contribution in [3.8, 4) is 0 Å². The Kier molecular flexibility index (Phi) is 2.51.